The third-order valence-electron chi connectivity index (χ3n) is 21.5. The molecule has 3 saturated carbocycles. The molecule has 8 fully saturated rings. The number of carbonyl (C=O) groups is 1. The molecule has 0 amide bonds. The maximum atomic E-state index is 13.6. The summed E-state index contributed by atoms with van der Waals surface area (Å²) in [7, 11) is -4.89. The Morgan fingerprint density at radius 3 is 1.69 bits per heavy atom. The number of allylic oxidation sites excluding steroid dienone is 2. The van der Waals surface area contributed by atoms with Gasteiger partial charge in [-0.2, -0.15) is 8.42 Å². The van der Waals surface area contributed by atoms with Gasteiger partial charge in [0.2, 0.25) is 0 Å². The van der Waals surface area contributed by atoms with Crippen LogP contribution in [0.5, 0.6) is 0 Å². The van der Waals surface area contributed by atoms with Gasteiger partial charge in [-0.05, 0) is 120 Å². The number of Topliss-reactive ketones (excluding diaryl/α,β-unsaturated/α-hetero) is 1. The molecular weight excluding hydrogens is 1180 g/mol. The summed E-state index contributed by atoms with van der Waals surface area (Å²) in [6.07, 6.45) is -39.1. The zero-order valence-electron chi connectivity index (χ0n) is 50.9. The molecule has 5 heterocycles. The Balaban J connectivity index is 0.996. The normalized spacial score (nSPS) is 51.6. The van der Waals surface area contributed by atoms with E-state index in [1.54, 1.807) is 6.92 Å². The van der Waals surface area contributed by atoms with Crippen molar-refractivity contribution in [1.29, 1.82) is 0 Å². The van der Waals surface area contributed by atoms with Crippen LogP contribution in [0, 0.1) is 46.3 Å². The Labute approximate surface area is 506 Å². The van der Waals surface area contributed by atoms with E-state index in [0.29, 0.717) is 32.1 Å². The molecule has 14 N–H and O–H groups in total. The molecule has 9 aliphatic rings. The molecule has 0 unspecified atom stereocenters. The van der Waals surface area contributed by atoms with E-state index in [9.17, 15) is 84.1 Å². The number of hydrogen-bond acceptors (Lipinski definition) is 27. The van der Waals surface area contributed by atoms with Crippen molar-refractivity contribution in [3.63, 3.8) is 0 Å². The molecule has 35 atom stereocenters. The number of aliphatic hydroxyl groups excluding tert-OH is 12. The van der Waals surface area contributed by atoms with Crippen LogP contribution in [0.4, 0.5) is 0 Å². The zero-order valence-corrected chi connectivity index (χ0v) is 51.7. The minimum atomic E-state index is -4.89. The van der Waals surface area contributed by atoms with E-state index in [-0.39, 0.29) is 54.6 Å². The number of ether oxygens (including phenoxy) is 10. The molecule has 87 heavy (non-hydrogen) atoms. The van der Waals surface area contributed by atoms with Gasteiger partial charge in [0.25, 0.3) is 0 Å². The molecule has 5 aliphatic heterocycles. The van der Waals surface area contributed by atoms with Gasteiger partial charge in [-0.25, -0.2) is 4.18 Å². The van der Waals surface area contributed by atoms with Gasteiger partial charge in [0, 0.05) is 12.3 Å². The highest BCUT2D eigenvalue weighted by molar-refractivity contribution is 7.80. The molecule has 9 rings (SSSR count). The lowest BCUT2D eigenvalue weighted by Crippen LogP contribution is -2.68. The summed E-state index contributed by atoms with van der Waals surface area (Å²) in [5, 5.41) is 146. The number of ketones is 1. The summed E-state index contributed by atoms with van der Waals surface area (Å²) in [4.78, 5) is 13.6. The molecule has 0 bridgehead atoms. The van der Waals surface area contributed by atoms with E-state index in [0.717, 1.165) is 5.57 Å². The van der Waals surface area contributed by atoms with Gasteiger partial charge < -0.3 is 114 Å². The van der Waals surface area contributed by atoms with Crippen LogP contribution in [0.15, 0.2) is 11.6 Å². The van der Waals surface area contributed by atoms with E-state index in [2.05, 4.69) is 19.9 Å². The quantitative estimate of drug-likeness (QED) is 0.0519. The van der Waals surface area contributed by atoms with Crippen molar-refractivity contribution < 1.29 is 136 Å². The minimum Gasteiger partial charge on any atom is -0.394 e. The van der Waals surface area contributed by atoms with Crippen molar-refractivity contribution in [1.82, 2.24) is 0 Å². The Morgan fingerprint density at radius 1 is 0.609 bits per heavy atom. The van der Waals surface area contributed by atoms with Crippen molar-refractivity contribution >= 4 is 16.2 Å². The number of aliphatic hydroxyl groups is 13. The molecule has 28 nitrogen and oxygen atoms in total. The first-order valence-corrected chi connectivity index (χ1v) is 32.1. The smallest absolute Gasteiger partial charge is 0.394 e. The second-order valence-corrected chi connectivity index (χ2v) is 28.5. The number of hydrogen-bond donors (Lipinski definition) is 14. The SMILES string of the molecule is CC(C)[C@H](C)C(=O)C[C@](C)(O)[C@H]1CC[C@H]2[C@@H]3C[C@H](O[C@@H]4O[C@H](C)[C@@H](O)[C@H](O[C@@H]5O[C@H](C)[C@@H](O[C@@H]6O[C@H](CO)[C@@H](O)[C@H](O)[C@H]6O[C@@H]6O[C@H](C)[C@H](O)[C@H](O)[C@H]6O)[C@H](O)[C@H]5O[C@@H]5O[C@H](C)[C@@H](O)[C@H](O)[C@H]5O)[C@H]4O)[C@H]4C[C@@H](OS(=O)(=O)O)CC[C@]4(C)C3=CC[C@@]21C. The summed E-state index contributed by atoms with van der Waals surface area (Å²) in [6, 6.07) is 0. The molecule has 4 aliphatic carbocycles. The first-order chi connectivity index (χ1) is 40.5. The summed E-state index contributed by atoms with van der Waals surface area (Å²) in [5.74, 6) is -1.12. The predicted octanol–water partition coefficient (Wildman–Crippen LogP) is -2.04. The Morgan fingerprint density at radius 2 is 1.13 bits per heavy atom. The molecule has 0 radical (unpaired) electrons. The van der Waals surface area contributed by atoms with Crippen LogP contribution in [0.25, 0.3) is 0 Å². The van der Waals surface area contributed by atoms with Crippen molar-refractivity contribution in [2.24, 2.45) is 46.3 Å². The van der Waals surface area contributed by atoms with E-state index in [1.165, 1.54) is 27.7 Å². The van der Waals surface area contributed by atoms with Crippen LogP contribution in [0.2, 0.25) is 0 Å². The summed E-state index contributed by atoms with van der Waals surface area (Å²) in [5.41, 5.74) is -1.30. The average Bonchev–Trinajstić information content (AvgIpc) is 1.79. The van der Waals surface area contributed by atoms with Crippen LogP contribution >= 0.6 is 0 Å². The Bertz CT molecular complexity index is 2490. The predicted molar refractivity (Wildman–Crippen MR) is 295 cm³/mol. The van der Waals surface area contributed by atoms with Gasteiger partial charge in [-0.1, -0.05) is 46.3 Å². The lowest BCUT2D eigenvalue weighted by Gasteiger charge is -2.60. The maximum Gasteiger partial charge on any atom is 0.397 e. The van der Waals surface area contributed by atoms with E-state index < -0.39 is 205 Å². The number of fused-ring (bicyclic) bond motifs is 5. The second-order valence-electron chi connectivity index (χ2n) is 27.5. The summed E-state index contributed by atoms with van der Waals surface area (Å²) >= 11 is 0. The fourth-order valence-corrected chi connectivity index (χ4v) is 16.5. The van der Waals surface area contributed by atoms with Crippen LogP contribution in [-0.2, 0) is 66.7 Å². The van der Waals surface area contributed by atoms with Crippen LogP contribution in [-0.4, -0.2) is 263 Å². The molecule has 29 heteroatoms. The maximum absolute atomic E-state index is 13.6. The highest BCUT2D eigenvalue weighted by Gasteiger charge is 2.64. The summed E-state index contributed by atoms with van der Waals surface area (Å²) < 4.78 is 101. The molecular formula is C58H96O28S. The fourth-order valence-electron chi connectivity index (χ4n) is 16.0. The third kappa shape index (κ3) is 13.6. The van der Waals surface area contributed by atoms with E-state index >= 15 is 0 Å². The Hall–Kier alpha value is -1.64. The van der Waals surface area contributed by atoms with Gasteiger partial charge in [-0.3, -0.25) is 9.35 Å². The first-order valence-electron chi connectivity index (χ1n) is 30.8. The first kappa shape index (κ1) is 69.7. The van der Waals surface area contributed by atoms with Crippen molar-refractivity contribution in [2.75, 3.05) is 6.61 Å². The zero-order chi connectivity index (χ0) is 64.1. The second kappa shape index (κ2) is 26.6. The van der Waals surface area contributed by atoms with E-state index in [4.69, 9.17) is 51.6 Å². The summed E-state index contributed by atoms with van der Waals surface area (Å²) in [6.45, 7) is 16.6. The van der Waals surface area contributed by atoms with Gasteiger partial charge in [-0.15, -0.1) is 0 Å². The molecule has 0 aromatic rings. The highest BCUT2D eigenvalue weighted by Crippen LogP contribution is 2.67. The molecule has 5 saturated heterocycles. The highest BCUT2D eigenvalue weighted by atomic mass is 32.3. The molecule has 0 aromatic carbocycles. The monoisotopic (exact) mass is 1270 g/mol. The van der Waals surface area contributed by atoms with Crippen LogP contribution in [0.1, 0.15) is 121 Å². The molecule has 0 spiro atoms. The third-order valence-corrected chi connectivity index (χ3v) is 22.0. The number of rotatable bonds is 18. The Kier molecular flexibility index (Phi) is 21.3. The van der Waals surface area contributed by atoms with Crippen molar-refractivity contribution in [3.8, 4) is 0 Å². The van der Waals surface area contributed by atoms with E-state index in [1.807, 2.05) is 20.8 Å². The van der Waals surface area contributed by atoms with Gasteiger partial charge >= 0.3 is 10.4 Å². The molecule has 0 aromatic heterocycles. The topological polar surface area (TPSA) is 436 Å². The fraction of sp³-hybridized carbons (Fsp3) is 0.948. The standard InChI is InChI=1S/C58H96O28S/c1-21(2)22(3)32(60)19-58(10,72)35-12-11-29-28-18-33(31-17-27(86-87(73,74)75)13-15-56(31,8)30(28)14-16-57(29,35)9)80-53-46(71)48(38(63)25(6)78-53)83-54-50(85-52-44(69)41(66)37(62)24(5)77-52)45(70)47(26(7)79-54)82-55-49(42(67)39(64)34(20-59)81-55)84-51-43(68)40(65)36(61)23(4)76-51/h14,21-29,31,33-55,59,61-72H,11-13,15-20H2,1-10H3,(H,73,74,75)/t22-,23+,24+,25+,26+,27-,28-,29-,31+,33-,34+,35-,36-,37+,38+,39+,40-,41-,42-,43+,44+,45-,46+,47+,48-,49+,50+,51-,52-,53-,54-,55-,56+,57-,58-/m0/s1. The molecule has 502 valence electrons. The largest absolute Gasteiger partial charge is 0.397 e. The van der Waals surface area contributed by atoms with Crippen molar-refractivity contribution in [3.05, 3.63) is 11.6 Å². The number of carbonyl (C=O) groups excluding carboxylic acids is 1. The van der Waals surface area contributed by atoms with Crippen LogP contribution < -0.4 is 0 Å². The lowest BCUT2D eigenvalue weighted by molar-refractivity contribution is -0.407. The van der Waals surface area contributed by atoms with Gasteiger partial charge in [0.1, 0.15) is 103 Å². The lowest BCUT2D eigenvalue weighted by atomic mass is 9.47. The van der Waals surface area contributed by atoms with Gasteiger partial charge in [0.05, 0.1) is 48.8 Å². The van der Waals surface area contributed by atoms with Gasteiger partial charge in [0.15, 0.2) is 31.5 Å². The van der Waals surface area contributed by atoms with Crippen LogP contribution in [0.3, 0.4) is 0 Å². The van der Waals surface area contributed by atoms with Crippen molar-refractivity contribution in [2.45, 2.75) is 292 Å². The minimum absolute atomic E-state index is 0.00385. The average molecular weight is 1270 g/mol.